The number of fused-ring (bicyclic) bond motifs is 1. The fourth-order valence-electron chi connectivity index (χ4n) is 3.86. The maximum atomic E-state index is 13.0. The Kier molecular flexibility index (Phi) is 8.22. The third kappa shape index (κ3) is 6.09. The number of aromatic amines is 1. The van der Waals surface area contributed by atoms with Crippen LogP contribution >= 0.6 is 11.3 Å². The molecular weight excluding hydrogens is 628 g/mol. The van der Waals surface area contributed by atoms with E-state index in [4.69, 9.17) is 15.1 Å². The highest BCUT2D eigenvalue weighted by atomic mass is 32.2. The zero-order chi connectivity index (χ0) is 32.7. The highest BCUT2D eigenvalue weighted by Gasteiger charge is 2.51. The Bertz CT molecular complexity index is 1900. The lowest BCUT2D eigenvalue weighted by molar-refractivity contribution is -0.144. The molecule has 19 nitrogen and oxygen atoms in total. The SMILES string of the molecule is C[C@H]1[C@H](NC(=O)C(=NOC(C)(C)C(=O)NNC(=O)c2c[nH]c3cc(O)c(O)cc3c2=O)c2csc(N)n2)C(=O)N1S(=O)(=O)O. The largest absolute Gasteiger partial charge is 0.504 e. The Hall–Kier alpha value is -5.28. The lowest BCUT2D eigenvalue weighted by Crippen LogP contribution is -2.71. The van der Waals surface area contributed by atoms with Crippen molar-refractivity contribution in [3.05, 3.63) is 45.2 Å². The van der Waals surface area contributed by atoms with Gasteiger partial charge in [-0.1, -0.05) is 5.16 Å². The van der Waals surface area contributed by atoms with Gasteiger partial charge < -0.3 is 31.1 Å². The predicted octanol–water partition coefficient (Wildman–Crippen LogP) is -1.54. The zero-order valence-corrected chi connectivity index (χ0v) is 24.4. The van der Waals surface area contributed by atoms with Gasteiger partial charge in [0.05, 0.1) is 16.9 Å². The van der Waals surface area contributed by atoms with Gasteiger partial charge in [0.1, 0.15) is 17.3 Å². The molecule has 2 aromatic heterocycles. The molecule has 0 unspecified atom stereocenters. The topological polar surface area (TPSA) is 296 Å². The molecule has 0 saturated carbocycles. The van der Waals surface area contributed by atoms with Crippen LogP contribution in [0, 0.1) is 0 Å². The molecule has 44 heavy (non-hydrogen) atoms. The van der Waals surface area contributed by atoms with E-state index in [1.165, 1.54) is 26.2 Å². The molecule has 1 fully saturated rings. The van der Waals surface area contributed by atoms with Crippen molar-refractivity contribution in [2.24, 2.45) is 5.16 Å². The molecule has 0 bridgehead atoms. The molecule has 1 aliphatic rings. The summed E-state index contributed by atoms with van der Waals surface area (Å²) in [6.07, 6.45) is 1.03. The standard InChI is InChI=1S/C23H24N8O11S2/c1-8-15(20(37)31(8)44(39,40)41)27-19(36)16(12-7-43-22(24)26-12)30-42-23(2,3)21(38)29-28-18(35)10-6-25-11-5-14(33)13(32)4-9(11)17(10)34/h4-8,15,32-33H,1-3H3,(H2,24,26)(H,25,34)(H,27,36)(H,28,35)(H,29,38)(H,39,40,41)/t8-,15-/m0/s1. The normalized spacial score (nSPS) is 17.1. The molecule has 234 valence electrons. The number of benzene rings is 1. The quantitative estimate of drug-likeness (QED) is 0.0450. The van der Waals surface area contributed by atoms with Gasteiger partial charge in [-0.25, -0.2) is 9.29 Å². The maximum Gasteiger partial charge on any atom is 0.362 e. The van der Waals surface area contributed by atoms with Gasteiger partial charge in [0.2, 0.25) is 11.0 Å². The average Bonchev–Trinajstić information content (AvgIpc) is 3.36. The molecule has 1 saturated heterocycles. The minimum Gasteiger partial charge on any atom is -0.504 e. The number of aromatic nitrogens is 2. The first-order valence-corrected chi connectivity index (χ1v) is 14.5. The number of anilines is 1. The summed E-state index contributed by atoms with van der Waals surface area (Å²) in [5.74, 6) is -5.30. The number of β-lactam (4-membered cyclic amide) rings is 1. The number of nitrogens with one attached hydrogen (secondary N) is 4. The lowest BCUT2D eigenvalue weighted by atomic mass is 10.0. The number of H-pyrrole nitrogens is 1. The lowest BCUT2D eigenvalue weighted by Gasteiger charge is -2.42. The van der Waals surface area contributed by atoms with E-state index < -0.39 is 79.8 Å². The van der Waals surface area contributed by atoms with E-state index in [-0.39, 0.29) is 26.0 Å². The maximum absolute atomic E-state index is 13.0. The fourth-order valence-corrected chi connectivity index (χ4v) is 5.29. The summed E-state index contributed by atoms with van der Waals surface area (Å²) in [5.41, 5.74) is 6.03. The van der Waals surface area contributed by atoms with Gasteiger partial charge >= 0.3 is 10.3 Å². The number of hydrogen-bond donors (Lipinski definition) is 8. The number of nitrogens with zero attached hydrogens (tertiary/aromatic N) is 3. The van der Waals surface area contributed by atoms with Crippen LogP contribution in [0.4, 0.5) is 5.13 Å². The van der Waals surface area contributed by atoms with Crippen molar-refractivity contribution < 1.29 is 47.2 Å². The van der Waals surface area contributed by atoms with E-state index in [0.717, 1.165) is 29.7 Å². The van der Waals surface area contributed by atoms with Crippen LogP contribution in [0.2, 0.25) is 0 Å². The number of nitrogen functional groups attached to an aromatic ring is 1. The predicted molar refractivity (Wildman–Crippen MR) is 152 cm³/mol. The molecule has 9 N–H and O–H groups in total. The number of hydrazine groups is 1. The molecule has 0 aliphatic carbocycles. The van der Waals surface area contributed by atoms with Crippen LogP contribution in [0.1, 0.15) is 36.8 Å². The number of rotatable bonds is 8. The Morgan fingerprint density at radius 1 is 1.18 bits per heavy atom. The van der Waals surface area contributed by atoms with Crippen LogP contribution in [0.25, 0.3) is 10.9 Å². The number of hydrogen-bond acceptors (Lipinski definition) is 14. The van der Waals surface area contributed by atoms with E-state index in [1.807, 2.05) is 5.43 Å². The second kappa shape index (κ2) is 11.4. The van der Waals surface area contributed by atoms with Gasteiger partial charge in [0.25, 0.3) is 23.6 Å². The van der Waals surface area contributed by atoms with Crippen molar-refractivity contribution in [1.29, 1.82) is 0 Å². The molecule has 2 atom stereocenters. The fraction of sp³-hybridized carbons (Fsp3) is 0.261. The van der Waals surface area contributed by atoms with Crippen LogP contribution in [0.3, 0.4) is 0 Å². The molecule has 3 aromatic rings. The Balaban J connectivity index is 1.47. The highest BCUT2D eigenvalue weighted by Crippen LogP contribution is 2.28. The van der Waals surface area contributed by atoms with Gasteiger partial charge in [0, 0.05) is 17.6 Å². The zero-order valence-electron chi connectivity index (χ0n) is 22.8. The Labute approximate surface area is 250 Å². The van der Waals surface area contributed by atoms with Crippen LogP contribution in [0.5, 0.6) is 11.5 Å². The van der Waals surface area contributed by atoms with Crippen molar-refractivity contribution in [3.8, 4) is 11.5 Å². The number of nitrogens with two attached hydrogens (primary N) is 1. The van der Waals surface area contributed by atoms with Gasteiger partial charge in [-0.2, -0.15) is 8.42 Å². The molecule has 1 aliphatic heterocycles. The summed E-state index contributed by atoms with van der Waals surface area (Å²) in [4.78, 5) is 75.2. The van der Waals surface area contributed by atoms with Gasteiger partial charge in [-0.05, 0) is 26.8 Å². The molecule has 21 heteroatoms. The van der Waals surface area contributed by atoms with Gasteiger partial charge in [-0.3, -0.25) is 39.4 Å². The van der Waals surface area contributed by atoms with Crippen molar-refractivity contribution in [2.45, 2.75) is 38.5 Å². The molecule has 0 radical (unpaired) electrons. The first-order valence-electron chi connectivity index (χ1n) is 12.2. The van der Waals surface area contributed by atoms with Crippen LogP contribution < -0.4 is 27.3 Å². The average molecular weight is 653 g/mol. The second-order valence-electron chi connectivity index (χ2n) is 9.74. The minimum atomic E-state index is -4.85. The smallest absolute Gasteiger partial charge is 0.362 e. The number of oxime groups is 1. The Morgan fingerprint density at radius 2 is 1.84 bits per heavy atom. The summed E-state index contributed by atoms with van der Waals surface area (Å²) in [7, 11) is -4.85. The van der Waals surface area contributed by atoms with E-state index in [9.17, 15) is 42.6 Å². The minimum absolute atomic E-state index is 0.0292. The summed E-state index contributed by atoms with van der Waals surface area (Å²) in [6.45, 7) is 3.68. The summed E-state index contributed by atoms with van der Waals surface area (Å²) in [6, 6.07) is -0.444. The number of thiazole rings is 1. The summed E-state index contributed by atoms with van der Waals surface area (Å²) >= 11 is 0.927. The van der Waals surface area contributed by atoms with Crippen molar-refractivity contribution in [2.75, 3.05) is 5.73 Å². The van der Waals surface area contributed by atoms with E-state index in [0.29, 0.717) is 0 Å². The second-order valence-corrected chi connectivity index (χ2v) is 11.9. The first kappa shape index (κ1) is 31.7. The summed E-state index contributed by atoms with van der Waals surface area (Å²) < 4.78 is 32.0. The van der Waals surface area contributed by atoms with Gasteiger partial charge in [-0.15, -0.1) is 11.3 Å². The third-order valence-electron chi connectivity index (χ3n) is 6.27. The number of phenolic OH excluding ortho intramolecular Hbond substituents is 2. The van der Waals surface area contributed by atoms with E-state index in [2.05, 4.69) is 25.9 Å². The van der Waals surface area contributed by atoms with E-state index >= 15 is 0 Å². The number of carbonyl (C=O) groups is 4. The summed E-state index contributed by atoms with van der Waals surface area (Å²) in [5, 5.41) is 26.5. The van der Waals surface area contributed by atoms with E-state index in [1.54, 1.807) is 0 Å². The number of aromatic hydroxyl groups is 2. The third-order valence-corrected chi connectivity index (χ3v) is 7.96. The van der Waals surface area contributed by atoms with Crippen molar-refractivity contribution >= 4 is 67.0 Å². The van der Waals surface area contributed by atoms with Crippen molar-refractivity contribution in [1.82, 2.24) is 30.4 Å². The molecule has 1 aromatic carbocycles. The molecule has 4 amide bonds. The molecule has 3 heterocycles. The number of pyridine rings is 1. The highest BCUT2D eigenvalue weighted by molar-refractivity contribution is 7.84. The number of carbonyl (C=O) groups excluding carboxylic acids is 4. The van der Waals surface area contributed by atoms with Crippen molar-refractivity contribution in [3.63, 3.8) is 0 Å². The number of phenols is 2. The van der Waals surface area contributed by atoms with Gasteiger partial charge in [0.15, 0.2) is 22.3 Å². The molecular formula is C23H24N8O11S2. The first-order chi connectivity index (χ1) is 20.4. The molecule has 0 spiro atoms. The van der Waals surface area contributed by atoms with Crippen LogP contribution in [-0.4, -0.2) is 84.5 Å². The molecule has 4 rings (SSSR count). The van der Waals surface area contributed by atoms with Crippen LogP contribution in [-0.2, 0) is 29.5 Å². The van der Waals surface area contributed by atoms with Crippen LogP contribution in [0.15, 0.2) is 33.7 Å². The number of amides is 4. The Morgan fingerprint density at radius 3 is 2.43 bits per heavy atom. The monoisotopic (exact) mass is 652 g/mol.